The lowest BCUT2D eigenvalue weighted by Gasteiger charge is -2.34. The zero-order chi connectivity index (χ0) is 15.3. The fraction of sp³-hybridized carbons (Fsp3) is 0.692. The van der Waals surface area contributed by atoms with Crippen LogP contribution in [0.4, 0.5) is 19.0 Å². The van der Waals surface area contributed by atoms with Crippen LogP contribution in [0.5, 0.6) is 0 Å². The lowest BCUT2D eigenvalue weighted by Crippen LogP contribution is -2.44. The van der Waals surface area contributed by atoms with Gasteiger partial charge in [0.15, 0.2) is 0 Å². The number of likely N-dealkylation sites (tertiary alicyclic amines) is 1. The highest BCUT2D eigenvalue weighted by Gasteiger charge is 2.34. The van der Waals surface area contributed by atoms with Gasteiger partial charge in [-0.25, -0.2) is 9.97 Å². The Kier molecular flexibility index (Phi) is 5.35. The topological polar surface area (TPSA) is 61.3 Å². The van der Waals surface area contributed by atoms with Gasteiger partial charge in [0.25, 0.3) is 0 Å². The number of piperidine rings is 1. The van der Waals surface area contributed by atoms with Crippen molar-refractivity contribution in [2.75, 3.05) is 31.6 Å². The number of aliphatic hydroxyl groups excluding tert-OH is 1. The number of alkyl halides is 3. The average molecular weight is 304 g/mol. The van der Waals surface area contributed by atoms with E-state index in [9.17, 15) is 18.3 Å². The number of nitrogens with zero attached hydrogens (tertiary/aromatic N) is 3. The maximum absolute atomic E-state index is 12.5. The van der Waals surface area contributed by atoms with E-state index in [1.807, 2.05) is 0 Å². The summed E-state index contributed by atoms with van der Waals surface area (Å²) in [5, 5.41) is 12.2. The molecule has 0 bridgehead atoms. The van der Waals surface area contributed by atoms with Crippen LogP contribution >= 0.6 is 0 Å². The second kappa shape index (κ2) is 7.04. The molecule has 8 heteroatoms. The molecule has 2 rings (SSSR count). The third-order valence-electron chi connectivity index (χ3n) is 3.57. The summed E-state index contributed by atoms with van der Waals surface area (Å²) in [6.07, 6.45) is -0.289. The number of rotatable bonds is 5. The van der Waals surface area contributed by atoms with Gasteiger partial charge < -0.3 is 10.4 Å². The van der Waals surface area contributed by atoms with Gasteiger partial charge in [0, 0.05) is 25.3 Å². The summed E-state index contributed by atoms with van der Waals surface area (Å²) in [4.78, 5) is 8.82. The molecule has 1 aromatic heterocycles. The Morgan fingerprint density at radius 1 is 1.38 bits per heavy atom. The SMILES string of the molecule is OC[C@@H]1CCCCN1CCNc1ccnc(C(F)(F)F)n1. The summed E-state index contributed by atoms with van der Waals surface area (Å²) < 4.78 is 37.5. The van der Waals surface area contributed by atoms with Crippen LogP contribution < -0.4 is 5.32 Å². The van der Waals surface area contributed by atoms with Crippen molar-refractivity contribution in [2.45, 2.75) is 31.5 Å². The van der Waals surface area contributed by atoms with Crippen molar-refractivity contribution in [2.24, 2.45) is 0 Å². The molecule has 2 heterocycles. The summed E-state index contributed by atoms with van der Waals surface area (Å²) in [6, 6.07) is 1.56. The Morgan fingerprint density at radius 3 is 2.90 bits per heavy atom. The second-order valence-electron chi connectivity index (χ2n) is 5.06. The quantitative estimate of drug-likeness (QED) is 0.868. The zero-order valence-electron chi connectivity index (χ0n) is 11.6. The van der Waals surface area contributed by atoms with E-state index >= 15 is 0 Å². The van der Waals surface area contributed by atoms with Crippen LogP contribution in [0.25, 0.3) is 0 Å². The van der Waals surface area contributed by atoms with Gasteiger partial charge >= 0.3 is 6.18 Å². The lowest BCUT2D eigenvalue weighted by molar-refractivity contribution is -0.144. The van der Waals surface area contributed by atoms with Crippen LogP contribution in [0.2, 0.25) is 0 Å². The molecule has 1 saturated heterocycles. The number of hydrogen-bond acceptors (Lipinski definition) is 5. The lowest BCUT2D eigenvalue weighted by atomic mass is 10.0. The molecule has 5 nitrogen and oxygen atoms in total. The van der Waals surface area contributed by atoms with Gasteiger partial charge in [-0.05, 0) is 25.5 Å². The summed E-state index contributed by atoms with van der Waals surface area (Å²) in [5.41, 5.74) is 0. The molecular formula is C13H19F3N4O. The third kappa shape index (κ3) is 4.53. The molecule has 1 fully saturated rings. The van der Waals surface area contributed by atoms with E-state index in [0.717, 1.165) is 32.0 Å². The highest BCUT2D eigenvalue weighted by Crippen LogP contribution is 2.26. The number of halogens is 3. The van der Waals surface area contributed by atoms with Gasteiger partial charge in [-0.1, -0.05) is 6.42 Å². The van der Waals surface area contributed by atoms with E-state index in [4.69, 9.17) is 0 Å². The second-order valence-corrected chi connectivity index (χ2v) is 5.06. The van der Waals surface area contributed by atoms with Crippen molar-refractivity contribution in [3.63, 3.8) is 0 Å². The maximum Gasteiger partial charge on any atom is 0.451 e. The van der Waals surface area contributed by atoms with Crippen molar-refractivity contribution in [1.29, 1.82) is 0 Å². The molecule has 1 aliphatic heterocycles. The van der Waals surface area contributed by atoms with E-state index < -0.39 is 12.0 Å². The maximum atomic E-state index is 12.5. The van der Waals surface area contributed by atoms with Gasteiger partial charge in [-0.15, -0.1) is 0 Å². The highest BCUT2D eigenvalue weighted by atomic mass is 19.4. The third-order valence-corrected chi connectivity index (χ3v) is 3.57. The van der Waals surface area contributed by atoms with E-state index in [1.165, 1.54) is 6.07 Å². The smallest absolute Gasteiger partial charge is 0.395 e. The number of hydrogen-bond donors (Lipinski definition) is 2. The molecule has 1 aliphatic rings. The van der Waals surface area contributed by atoms with Crippen LogP contribution in [-0.4, -0.2) is 52.3 Å². The van der Waals surface area contributed by atoms with E-state index in [0.29, 0.717) is 13.1 Å². The first-order valence-corrected chi connectivity index (χ1v) is 6.99. The Balaban J connectivity index is 1.85. The molecule has 21 heavy (non-hydrogen) atoms. The van der Waals surface area contributed by atoms with Crippen LogP contribution in [0.1, 0.15) is 25.1 Å². The molecule has 1 atom stereocenters. The minimum absolute atomic E-state index is 0.117. The first-order chi connectivity index (χ1) is 10.0. The van der Waals surface area contributed by atoms with Crippen molar-refractivity contribution in [1.82, 2.24) is 14.9 Å². The molecule has 0 spiro atoms. The van der Waals surface area contributed by atoms with Crippen molar-refractivity contribution in [3.05, 3.63) is 18.1 Å². The Labute approximate surface area is 121 Å². The summed E-state index contributed by atoms with van der Waals surface area (Å²) >= 11 is 0. The summed E-state index contributed by atoms with van der Waals surface area (Å²) in [5.74, 6) is -0.978. The van der Waals surface area contributed by atoms with Crippen LogP contribution in [0.15, 0.2) is 12.3 Å². The van der Waals surface area contributed by atoms with Gasteiger partial charge in [0.2, 0.25) is 5.82 Å². The van der Waals surface area contributed by atoms with Crippen molar-refractivity contribution in [3.8, 4) is 0 Å². The number of nitrogens with one attached hydrogen (secondary N) is 1. The number of aromatic nitrogens is 2. The van der Waals surface area contributed by atoms with Gasteiger partial charge in [-0.2, -0.15) is 13.2 Å². The average Bonchev–Trinajstić information content (AvgIpc) is 2.47. The molecule has 0 amide bonds. The van der Waals surface area contributed by atoms with E-state index in [2.05, 4.69) is 20.2 Å². The first-order valence-electron chi connectivity index (χ1n) is 6.99. The van der Waals surface area contributed by atoms with Crippen molar-refractivity contribution < 1.29 is 18.3 Å². The molecule has 118 valence electrons. The molecular weight excluding hydrogens is 285 g/mol. The zero-order valence-corrected chi connectivity index (χ0v) is 11.6. The fourth-order valence-corrected chi connectivity index (χ4v) is 2.48. The van der Waals surface area contributed by atoms with Crippen LogP contribution in [0.3, 0.4) is 0 Å². The largest absolute Gasteiger partial charge is 0.451 e. The Bertz CT molecular complexity index is 455. The standard InChI is InChI=1S/C13H19F3N4O/c14-13(15,16)12-18-5-4-11(19-12)17-6-8-20-7-2-1-3-10(20)9-21/h4-5,10,21H,1-3,6-9H2,(H,17,18,19)/t10-/m0/s1. The molecule has 1 aromatic rings. The summed E-state index contributed by atoms with van der Waals surface area (Å²) in [7, 11) is 0. The number of aliphatic hydroxyl groups is 1. The first kappa shape index (κ1) is 16.0. The molecule has 0 unspecified atom stereocenters. The molecule has 0 radical (unpaired) electrons. The molecule has 2 N–H and O–H groups in total. The Hall–Kier alpha value is -1.41. The predicted molar refractivity (Wildman–Crippen MR) is 71.8 cm³/mol. The van der Waals surface area contributed by atoms with Gasteiger partial charge in [-0.3, -0.25) is 4.90 Å². The normalized spacial score (nSPS) is 20.5. The van der Waals surface area contributed by atoms with Gasteiger partial charge in [0.05, 0.1) is 6.61 Å². The minimum atomic E-state index is -4.54. The van der Waals surface area contributed by atoms with Crippen LogP contribution in [0, 0.1) is 0 Å². The Morgan fingerprint density at radius 2 is 2.19 bits per heavy atom. The molecule has 0 saturated carbocycles. The number of anilines is 1. The van der Waals surface area contributed by atoms with E-state index in [-0.39, 0.29) is 18.5 Å². The molecule has 0 aliphatic carbocycles. The van der Waals surface area contributed by atoms with Crippen molar-refractivity contribution >= 4 is 5.82 Å². The highest BCUT2D eigenvalue weighted by molar-refractivity contribution is 5.33. The molecule has 0 aromatic carbocycles. The fourth-order valence-electron chi connectivity index (χ4n) is 2.48. The van der Waals surface area contributed by atoms with E-state index in [1.54, 1.807) is 0 Å². The summed E-state index contributed by atoms with van der Waals surface area (Å²) in [6.45, 7) is 2.16. The van der Waals surface area contributed by atoms with Crippen LogP contribution in [-0.2, 0) is 6.18 Å². The van der Waals surface area contributed by atoms with Gasteiger partial charge in [0.1, 0.15) is 5.82 Å². The predicted octanol–water partition coefficient (Wildman–Crippen LogP) is 1.75. The minimum Gasteiger partial charge on any atom is -0.395 e. The monoisotopic (exact) mass is 304 g/mol.